The van der Waals surface area contributed by atoms with Crippen molar-refractivity contribution in [2.45, 2.75) is 0 Å². The average molecular weight is 203 g/mol. The van der Waals surface area contributed by atoms with E-state index in [2.05, 4.69) is 0 Å². The lowest BCUT2D eigenvalue weighted by molar-refractivity contribution is 0.0424. The Hall–Kier alpha value is -2.23. The minimum atomic E-state index is -0.512. The third kappa shape index (κ3) is 1.99. The molecular formula is C11H9NO3. The Kier molecular flexibility index (Phi) is 2.41. The smallest absolute Gasteiger partial charge is 0.363 e. The number of aromatic hydroxyl groups is 1. The number of hydrogen-bond donors (Lipinski definition) is 1. The number of benzene rings is 1. The quantitative estimate of drug-likeness (QED) is 0.803. The van der Waals surface area contributed by atoms with Crippen LogP contribution in [0.15, 0.2) is 48.7 Å². The van der Waals surface area contributed by atoms with Gasteiger partial charge in [-0.2, -0.15) is 0 Å². The fourth-order valence-electron chi connectivity index (χ4n) is 1.15. The Bertz CT molecular complexity index is 462. The zero-order valence-electron chi connectivity index (χ0n) is 7.83. The molecule has 0 aliphatic carbocycles. The number of aromatic nitrogens is 1. The SMILES string of the molecule is O=C(On1cccc1O)c1ccccc1. The van der Waals surface area contributed by atoms with Crippen molar-refractivity contribution in [2.24, 2.45) is 0 Å². The monoisotopic (exact) mass is 203 g/mol. The third-order valence-electron chi connectivity index (χ3n) is 1.88. The molecule has 0 saturated heterocycles. The van der Waals surface area contributed by atoms with Crippen LogP contribution in [0, 0.1) is 0 Å². The van der Waals surface area contributed by atoms with Crippen molar-refractivity contribution in [3.05, 3.63) is 54.2 Å². The van der Waals surface area contributed by atoms with Gasteiger partial charge >= 0.3 is 5.97 Å². The molecule has 0 radical (unpaired) electrons. The summed E-state index contributed by atoms with van der Waals surface area (Å²) in [6, 6.07) is 11.6. The summed E-state index contributed by atoms with van der Waals surface area (Å²) in [5, 5.41) is 9.23. The molecule has 0 atom stereocenters. The topological polar surface area (TPSA) is 51.5 Å². The van der Waals surface area contributed by atoms with Gasteiger partial charge in [-0.15, -0.1) is 4.73 Å². The van der Waals surface area contributed by atoms with Crippen LogP contribution in [-0.4, -0.2) is 15.8 Å². The van der Waals surface area contributed by atoms with Gasteiger partial charge in [0.2, 0.25) is 5.88 Å². The van der Waals surface area contributed by atoms with Crippen LogP contribution in [-0.2, 0) is 0 Å². The molecular weight excluding hydrogens is 194 g/mol. The molecule has 0 saturated carbocycles. The van der Waals surface area contributed by atoms with E-state index in [9.17, 15) is 9.90 Å². The van der Waals surface area contributed by atoms with E-state index in [0.717, 1.165) is 4.73 Å². The van der Waals surface area contributed by atoms with Gasteiger partial charge in [0, 0.05) is 12.3 Å². The minimum Gasteiger partial charge on any atom is -0.492 e. The lowest BCUT2D eigenvalue weighted by atomic mass is 10.2. The summed E-state index contributed by atoms with van der Waals surface area (Å²) >= 11 is 0. The highest BCUT2D eigenvalue weighted by Crippen LogP contribution is 2.08. The van der Waals surface area contributed by atoms with E-state index in [-0.39, 0.29) is 5.88 Å². The maximum atomic E-state index is 11.5. The summed E-state index contributed by atoms with van der Waals surface area (Å²) in [7, 11) is 0. The van der Waals surface area contributed by atoms with Gasteiger partial charge in [0.15, 0.2) is 0 Å². The van der Waals surface area contributed by atoms with E-state index in [0.29, 0.717) is 5.56 Å². The molecule has 0 aliphatic rings. The van der Waals surface area contributed by atoms with Crippen LogP contribution >= 0.6 is 0 Å². The van der Waals surface area contributed by atoms with Crippen LogP contribution < -0.4 is 4.84 Å². The average Bonchev–Trinajstić information content (AvgIpc) is 2.66. The fourth-order valence-corrected chi connectivity index (χ4v) is 1.15. The van der Waals surface area contributed by atoms with E-state index in [1.807, 2.05) is 6.07 Å². The van der Waals surface area contributed by atoms with Crippen molar-refractivity contribution in [2.75, 3.05) is 0 Å². The van der Waals surface area contributed by atoms with Crippen LogP contribution in [0.3, 0.4) is 0 Å². The molecule has 4 heteroatoms. The fraction of sp³-hybridized carbons (Fsp3) is 0. The molecule has 1 aromatic carbocycles. The third-order valence-corrected chi connectivity index (χ3v) is 1.88. The molecule has 76 valence electrons. The predicted molar refractivity (Wildman–Crippen MR) is 53.4 cm³/mol. The summed E-state index contributed by atoms with van der Waals surface area (Å²) < 4.78 is 1.01. The molecule has 2 aromatic rings. The summed E-state index contributed by atoms with van der Waals surface area (Å²) in [4.78, 5) is 16.4. The first-order valence-corrected chi connectivity index (χ1v) is 4.41. The van der Waals surface area contributed by atoms with Crippen molar-refractivity contribution in [1.82, 2.24) is 4.73 Å². The predicted octanol–water partition coefficient (Wildman–Crippen LogP) is 1.46. The van der Waals surface area contributed by atoms with E-state index in [4.69, 9.17) is 4.84 Å². The summed E-state index contributed by atoms with van der Waals surface area (Å²) in [6.07, 6.45) is 1.45. The molecule has 0 unspecified atom stereocenters. The van der Waals surface area contributed by atoms with Crippen LogP contribution in [0.5, 0.6) is 5.88 Å². The maximum Gasteiger partial charge on any atom is 0.363 e. The largest absolute Gasteiger partial charge is 0.492 e. The second-order valence-electron chi connectivity index (χ2n) is 2.94. The van der Waals surface area contributed by atoms with Crippen LogP contribution in [0.25, 0.3) is 0 Å². The molecule has 0 spiro atoms. The van der Waals surface area contributed by atoms with Gasteiger partial charge < -0.3 is 9.94 Å². The van der Waals surface area contributed by atoms with Gasteiger partial charge in [0.05, 0.1) is 5.56 Å². The second-order valence-corrected chi connectivity index (χ2v) is 2.94. The molecule has 1 N–H and O–H groups in total. The number of nitrogens with zero attached hydrogens (tertiary/aromatic N) is 1. The number of hydrogen-bond acceptors (Lipinski definition) is 3. The molecule has 1 aromatic heterocycles. The van der Waals surface area contributed by atoms with Crippen molar-refractivity contribution >= 4 is 5.97 Å². The molecule has 4 nitrogen and oxygen atoms in total. The zero-order valence-corrected chi connectivity index (χ0v) is 7.83. The van der Waals surface area contributed by atoms with E-state index in [1.54, 1.807) is 30.3 Å². The number of carbonyl (C=O) groups is 1. The van der Waals surface area contributed by atoms with Crippen LogP contribution in [0.1, 0.15) is 10.4 Å². The van der Waals surface area contributed by atoms with Gasteiger partial charge in [0.1, 0.15) is 0 Å². The molecule has 2 rings (SSSR count). The normalized spacial score (nSPS) is 9.87. The Labute approximate surface area is 86.3 Å². The first kappa shape index (κ1) is 9.33. The molecule has 0 bridgehead atoms. The van der Waals surface area contributed by atoms with Gasteiger partial charge in [-0.05, 0) is 18.2 Å². The first-order chi connectivity index (χ1) is 7.27. The van der Waals surface area contributed by atoms with Gasteiger partial charge in [-0.1, -0.05) is 18.2 Å². The standard InChI is InChI=1S/C11H9NO3/c13-10-7-4-8-12(10)15-11(14)9-5-2-1-3-6-9/h1-8,13H. The second kappa shape index (κ2) is 3.88. The summed E-state index contributed by atoms with van der Waals surface area (Å²) in [5.41, 5.74) is 0.436. The Morgan fingerprint density at radius 2 is 1.87 bits per heavy atom. The summed E-state index contributed by atoms with van der Waals surface area (Å²) in [6.45, 7) is 0. The lowest BCUT2D eigenvalue weighted by Gasteiger charge is -2.04. The van der Waals surface area contributed by atoms with E-state index < -0.39 is 5.97 Å². The molecule has 0 aliphatic heterocycles. The van der Waals surface area contributed by atoms with Gasteiger partial charge in [0.25, 0.3) is 0 Å². The Morgan fingerprint density at radius 1 is 1.13 bits per heavy atom. The van der Waals surface area contributed by atoms with Gasteiger partial charge in [-0.25, -0.2) is 4.79 Å². The number of rotatable bonds is 2. The molecule has 0 amide bonds. The maximum absolute atomic E-state index is 11.5. The highest BCUT2D eigenvalue weighted by Gasteiger charge is 2.08. The van der Waals surface area contributed by atoms with E-state index >= 15 is 0 Å². The number of carbonyl (C=O) groups excluding carboxylic acids is 1. The summed E-state index contributed by atoms with van der Waals surface area (Å²) in [5.74, 6) is -0.624. The van der Waals surface area contributed by atoms with Gasteiger partial charge in [-0.3, -0.25) is 0 Å². The highest BCUT2D eigenvalue weighted by molar-refractivity contribution is 5.89. The van der Waals surface area contributed by atoms with Crippen LogP contribution in [0.4, 0.5) is 0 Å². The van der Waals surface area contributed by atoms with Crippen molar-refractivity contribution in [3.8, 4) is 5.88 Å². The zero-order chi connectivity index (χ0) is 10.7. The van der Waals surface area contributed by atoms with E-state index in [1.165, 1.54) is 12.3 Å². The Morgan fingerprint density at radius 3 is 2.47 bits per heavy atom. The lowest BCUT2D eigenvalue weighted by Crippen LogP contribution is -2.18. The first-order valence-electron chi connectivity index (χ1n) is 4.41. The Balaban J connectivity index is 2.15. The molecule has 0 fully saturated rings. The highest BCUT2D eigenvalue weighted by atomic mass is 16.7. The van der Waals surface area contributed by atoms with Crippen molar-refractivity contribution in [1.29, 1.82) is 0 Å². The van der Waals surface area contributed by atoms with Crippen LogP contribution in [0.2, 0.25) is 0 Å². The molecule has 15 heavy (non-hydrogen) atoms. The minimum absolute atomic E-state index is 0.112. The van der Waals surface area contributed by atoms with Crippen molar-refractivity contribution < 1.29 is 14.7 Å². The molecule has 1 heterocycles. The van der Waals surface area contributed by atoms with Crippen molar-refractivity contribution in [3.63, 3.8) is 0 Å².